The van der Waals surface area contributed by atoms with E-state index < -0.39 is 0 Å². The Morgan fingerprint density at radius 2 is 2.23 bits per heavy atom. The molecule has 2 amide bonds. The van der Waals surface area contributed by atoms with Crippen molar-refractivity contribution in [1.29, 1.82) is 0 Å². The van der Waals surface area contributed by atoms with Crippen LogP contribution in [0.2, 0.25) is 0 Å². The number of urea groups is 1. The van der Waals surface area contributed by atoms with Gasteiger partial charge in [0.25, 0.3) is 0 Å². The predicted molar refractivity (Wildman–Crippen MR) is 82.4 cm³/mol. The molecule has 0 aliphatic carbocycles. The van der Waals surface area contributed by atoms with Crippen LogP contribution in [0.3, 0.4) is 0 Å². The Hall–Kier alpha value is -1.93. The summed E-state index contributed by atoms with van der Waals surface area (Å²) in [6.07, 6.45) is 1.58. The maximum atomic E-state index is 12.2. The SMILES string of the molecule is Cc1ncsc1CNC(=O)N1CCN(Cc2ccon2)CC1. The zero-order valence-corrected chi connectivity index (χ0v) is 13.3. The molecule has 8 heteroatoms. The highest BCUT2D eigenvalue weighted by atomic mass is 32.1. The van der Waals surface area contributed by atoms with Crippen LogP contribution in [0.4, 0.5) is 4.79 Å². The van der Waals surface area contributed by atoms with Crippen molar-refractivity contribution in [2.75, 3.05) is 26.2 Å². The standard InChI is InChI=1S/C14H19N5O2S/c1-11-13(22-10-16-11)8-15-14(20)19-5-3-18(4-6-19)9-12-2-7-21-17-12/h2,7,10H,3-6,8-9H2,1H3,(H,15,20). The third kappa shape index (κ3) is 3.63. The second-order valence-corrected chi connectivity index (χ2v) is 6.21. The molecule has 1 N–H and O–H groups in total. The van der Waals surface area contributed by atoms with Crippen molar-refractivity contribution in [2.24, 2.45) is 0 Å². The first-order chi connectivity index (χ1) is 10.7. The fraction of sp³-hybridized carbons (Fsp3) is 0.500. The van der Waals surface area contributed by atoms with Crippen molar-refractivity contribution in [3.8, 4) is 0 Å². The highest BCUT2D eigenvalue weighted by Crippen LogP contribution is 2.12. The summed E-state index contributed by atoms with van der Waals surface area (Å²) in [4.78, 5) is 21.6. The Bertz CT molecular complexity index is 605. The Balaban J connectivity index is 1.42. The molecule has 1 saturated heterocycles. The van der Waals surface area contributed by atoms with E-state index in [9.17, 15) is 4.79 Å². The van der Waals surface area contributed by atoms with Crippen molar-refractivity contribution in [1.82, 2.24) is 25.3 Å². The third-order valence-electron chi connectivity index (χ3n) is 3.78. The lowest BCUT2D eigenvalue weighted by molar-refractivity contribution is 0.133. The molecule has 1 fully saturated rings. The van der Waals surface area contributed by atoms with Crippen LogP contribution in [0.5, 0.6) is 0 Å². The zero-order valence-electron chi connectivity index (χ0n) is 12.5. The van der Waals surface area contributed by atoms with Crippen LogP contribution in [0.15, 0.2) is 22.4 Å². The number of carbonyl (C=O) groups excluding carboxylic acids is 1. The molecule has 1 aliphatic rings. The van der Waals surface area contributed by atoms with Crippen molar-refractivity contribution in [3.05, 3.63) is 34.1 Å². The summed E-state index contributed by atoms with van der Waals surface area (Å²) in [6.45, 7) is 6.43. The van der Waals surface area contributed by atoms with Gasteiger partial charge in [0.05, 0.1) is 23.4 Å². The molecular formula is C14H19N5O2S. The van der Waals surface area contributed by atoms with Gasteiger partial charge in [0.1, 0.15) is 6.26 Å². The molecule has 0 atom stereocenters. The lowest BCUT2D eigenvalue weighted by Gasteiger charge is -2.34. The van der Waals surface area contributed by atoms with E-state index >= 15 is 0 Å². The number of aromatic nitrogens is 2. The third-order valence-corrected chi connectivity index (χ3v) is 4.72. The van der Waals surface area contributed by atoms with Crippen LogP contribution in [-0.4, -0.2) is 52.2 Å². The number of thiazole rings is 1. The molecule has 0 saturated carbocycles. The number of carbonyl (C=O) groups is 1. The van der Waals surface area contributed by atoms with Crippen LogP contribution < -0.4 is 5.32 Å². The number of nitrogens with zero attached hydrogens (tertiary/aromatic N) is 4. The fourth-order valence-corrected chi connectivity index (χ4v) is 3.14. The number of aryl methyl sites for hydroxylation is 1. The lowest BCUT2D eigenvalue weighted by atomic mass is 10.3. The van der Waals surface area contributed by atoms with E-state index in [2.05, 4.69) is 20.4 Å². The highest BCUT2D eigenvalue weighted by Gasteiger charge is 2.21. The number of hydrogen-bond acceptors (Lipinski definition) is 6. The van der Waals surface area contributed by atoms with Gasteiger partial charge in [-0.15, -0.1) is 11.3 Å². The first-order valence-corrected chi connectivity index (χ1v) is 8.13. The summed E-state index contributed by atoms with van der Waals surface area (Å²) >= 11 is 1.57. The van der Waals surface area contributed by atoms with E-state index in [1.165, 1.54) is 0 Å². The average molecular weight is 321 g/mol. The number of nitrogens with one attached hydrogen (secondary N) is 1. The molecule has 3 heterocycles. The van der Waals surface area contributed by atoms with E-state index in [-0.39, 0.29) is 6.03 Å². The lowest BCUT2D eigenvalue weighted by Crippen LogP contribution is -2.51. The summed E-state index contributed by atoms with van der Waals surface area (Å²) in [7, 11) is 0. The molecule has 3 rings (SSSR count). The normalized spacial score (nSPS) is 16.0. The summed E-state index contributed by atoms with van der Waals surface area (Å²) in [5, 5.41) is 6.88. The molecule has 0 unspecified atom stereocenters. The van der Waals surface area contributed by atoms with Crippen LogP contribution >= 0.6 is 11.3 Å². The maximum Gasteiger partial charge on any atom is 0.317 e. The average Bonchev–Trinajstić information content (AvgIpc) is 3.17. The zero-order chi connectivity index (χ0) is 15.4. The van der Waals surface area contributed by atoms with Gasteiger partial charge in [-0.2, -0.15) is 0 Å². The monoisotopic (exact) mass is 321 g/mol. The largest absolute Gasteiger partial charge is 0.364 e. The Labute approximate surface area is 132 Å². The summed E-state index contributed by atoms with van der Waals surface area (Å²) in [6, 6.07) is 1.87. The first-order valence-electron chi connectivity index (χ1n) is 7.26. The molecule has 118 valence electrons. The van der Waals surface area contributed by atoms with Gasteiger partial charge in [-0.3, -0.25) is 4.90 Å². The Kier molecular flexibility index (Phi) is 4.69. The van der Waals surface area contributed by atoms with E-state index in [4.69, 9.17) is 4.52 Å². The van der Waals surface area contributed by atoms with Crippen molar-refractivity contribution < 1.29 is 9.32 Å². The van der Waals surface area contributed by atoms with Crippen molar-refractivity contribution in [2.45, 2.75) is 20.0 Å². The number of rotatable bonds is 4. The minimum atomic E-state index is -0.00566. The second kappa shape index (κ2) is 6.89. The van der Waals surface area contributed by atoms with Crippen LogP contribution in [0.25, 0.3) is 0 Å². The van der Waals surface area contributed by atoms with Gasteiger partial charge < -0.3 is 14.7 Å². The summed E-state index contributed by atoms with van der Waals surface area (Å²) in [5.74, 6) is 0. The van der Waals surface area contributed by atoms with Crippen LogP contribution in [0.1, 0.15) is 16.3 Å². The van der Waals surface area contributed by atoms with Crippen LogP contribution in [-0.2, 0) is 13.1 Å². The molecule has 2 aromatic rings. The van der Waals surface area contributed by atoms with Crippen LogP contribution in [0, 0.1) is 6.92 Å². The minimum absolute atomic E-state index is 0.00566. The molecular weight excluding hydrogens is 302 g/mol. The quantitative estimate of drug-likeness (QED) is 0.923. The maximum absolute atomic E-state index is 12.2. The summed E-state index contributed by atoms with van der Waals surface area (Å²) in [5.41, 5.74) is 3.72. The number of amides is 2. The molecule has 22 heavy (non-hydrogen) atoms. The van der Waals surface area contributed by atoms with Gasteiger partial charge in [-0.1, -0.05) is 5.16 Å². The molecule has 1 aliphatic heterocycles. The topological polar surface area (TPSA) is 74.5 Å². The first kappa shape index (κ1) is 15.0. The van der Waals surface area contributed by atoms with Gasteiger partial charge in [-0.05, 0) is 6.92 Å². The van der Waals surface area contributed by atoms with E-state index in [0.29, 0.717) is 6.54 Å². The molecule has 0 bridgehead atoms. The molecule has 0 spiro atoms. The number of hydrogen-bond donors (Lipinski definition) is 1. The summed E-state index contributed by atoms with van der Waals surface area (Å²) < 4.78 is 4.84. The van der Waals surface area contributed by atoms with E-state index in [1.807, 2.05) is 17.9 Å². The fourth-order valence-electron chi connectivity index (χ4n) is 2.42. The van der Waals surface area contributed by atoms with E-state index in [1.54, 1.807) is 23.1 Å². The molecule has 0 radical (unpaired) electrons. The van der Waals surface area contributed by atoms with Gasteiger partial charge in [0.15, 0.2) is 0 Å². The predicted octanol–water partition coefficient (Wildman–Crippen LogP) is 1.47. The second-order valence-electron chi connectivity index (χ2n) is 5.27. The van der Waals surface area contributed by atoms with Gasteiger partial charge in [0, 0.05) is 43.7 Å². The molecule has 7 nitrogen and oxygen atoms in total. The smallest absolute Gasteiger partial charge is 0.317 e. The van der Waals surface area contributed by atoms with Gasteiger partial charge >= 0.3 is 6.03 Å². The highest BCUT2D eigenvalue weighted by molar-refractivity contribution is 7.09. The van der Waals surface area contributed by atoms with Gasteiger partial charge in [0.2, 0.25) is 0 Å². The Morgan fingerprint density at radius 3 is 2.86 bits per heavy atom. The minimum Gasteiger partial charge on any atom is -0.364 e. The molecule has 2 aromatic heterocycles. The molecule has 0 aromatic carbocycles. The van der Waals surface area contributed by atoms with Crippen molar-refractivity contribution >= 4 is 17.4 Å². The van der Waals surface area contributed by atoms with Crippen molar-refractivity contribution in [3.63, 3.8) is 0 Å². The van der Waals surface area contributed by atoms with E-state index in [0.717, 1.165) is 49.0 Å². The number of piperazine rings is 1. The Morgan fingerprint density at radius 1 is 1.41 bits per heavy atom. The van der Waals surface area contributed by atoms with Gasteiger partial charge in [-0.25, -0.2) is 9.78 Å².